The van der Waals surface area contributed by atoms with E-state index in [9.17, 15) is 14.7 Å². The monoisotopic (exact) mass is 236 g/mol. The Hall–Kier alpha value is -1.72. The molecule has 0 bridgehead atoms. The Labute approximate surface area is 99.4 Å². The molecule has 92 valence electrons. The molecule has 5 N–H and O–H groups in total. The minimum Gasteiger partial charge on any atom is -0.506 e. The van der Waals surface area contributed by atoms with Crippen molar-refractivity contribution < 1.29 is 14.7 Å². The summed E-state index contributed by atoms with van der Waals surface area (Å²) >= 11 is 0. The lowest BCUT2D eigenvalue weighted by Gasteiger charge is -2.18. The molecule has 0 fully saturated rings. The minimum absolute atomic E-state index is 0.0769. The van der Waals surface area contributed by atoms with Crippen molar-refractivity contribution in [1.29, 1.82) is 0 Å². The van der Waals surface area contributed by atoms with Crippen molar-refractivity contribution in [3.8, 4) is 5.75 Å². The number of phenolic OH excluding ortho intramolecular Hbond substituents is 1. The minimum atomic E-state index is -0.424. The topological polar surface area (TPSA) is 106 Å². The first kappa shape index (κ1) is 13.3. The van der Waals surface area contributed by atoms with E-state index < -0.39 is 6.04 Å². The summed E-state index contributed by atoms with van der Waals surface area (Å²) in [6.45, 7) is 2.13. The second-order valence-corrected chi connectivity index (χ2v) is 3.88. The number of nitrogens with two attached hydrogens (primary N) is 2. The normalized spacial score (nSPS) is 12.2. The smallest absolute Gasteiger partial charge is 0.154 e. The van der Waals surface area contributed by atoms with Gasteiger partial charge in [0.1, 0.15) is 5.75 Å². The molecular weight excluding hydrogens is 220 g/mol. The quantitative estimate of drug-likeness (QED) is 0.651. The Morgan fingerprint density at radius 2 is 2.06 bits per heavy atom. The van der Waals surface area contributed by atoms with Gasteiger partial charge >= 0.3 is 0 Å². The fourth-order valence-corrected chi connectivity index (χ4v) is 1.90. The van der Waals surface area contributed by atoms with Gasteiger partial charge in [-0.1, -0.05) is 0 Å². The van der Waals surface area contributed by atoms with Crippen LogP contribution >= 0.6 is 0 Å². The maximum atomic E-state index is 11.0. The zero-order valence-corrected chi connectivity index (χ0v) is 9.64. The second kappa shape index (κ2) is 5.56. The second-order valence-electron chi connectivity index (χ2n) is 3.88. The fourth-order valence-electron chi connectivity index (χ4n) is 1.90. The van der Waals surface area contributed by atoms with E-state index in [0.29, 0.717) is 36.7 Å². The number of carbonyl (C=O) groups excluding carboxylic acids is 2. The van der Waals surface area contributed by atoms with Crippen molar-refractivity contribution in [2.45, 2.75) is 19.4 Å². The Balaban J connectivity index is 3.43. The average molecular weight is 236 g/mol. The predicted octanol–water partition coefficient (Wildman–Crippen LogP) is 0.674. The van der Waals surface area contributed by atoms with Crippen LogP contribution in [0.5, 0.6) is 5.75 Å². The summed E-state index contributed by atoms with van der Waals surface area (Å²) in [5.74, 6) is -0.317. The molecule has 1 aromatic rings. The Morgan fingerprint density at radius 3 is 2.53 bits per heavy atom. The van der Waals surface area contributed by atoms with Crippen molar-refractivity contribution in [3.63, 3.8) is 0 Å². The lowest BCUT2D eigenvalue weighted by atomic mass is 9.91. The molecule has 1 rings (SSSR count). The lowest BCUT2D eigenvalue weighted by molar-refractivity contribution is 0.111. The van der Waals surface area contributed by atoms with Crippen LogP contribution in [-0.2, 0) is 0 Å². The van der Waals surface area contributed by atoms with Gasteiger partial charge in [-0.3, -0.25) is 9.59 Å². The molecule has 0 saturated carbocycles. The van der Waals surface area contributed by atoms with Gasteiger partial charge < -0.3 is 16.6 Å². The molecule has 0 aliphatic carbocycles. The number of hydrogen-bond acceptors (Lipinski definition) is 5. The predicted molar refractivity (Wildman–Crippen MR) is 64.2 cm³/mol. The van der Waals surface area contributed by atoms with Gasteiger partial charge in [0, 0.05) is 6.04 Å². The molecule has 1 unspecified atom stereocenters. The van der Waals surface area contributed by atoms with Crippen LogP contribution in [0.15, 0.2) is 6.07 Å². The van der Waals surface area contributed by atoms with Crippen LogP contribution in [0.25, 0.3) is 0 Å². The van der Waals surface area contributed by atoms with Crippen molar-refractivity contribution in [1.82, 2.24) is 0 Å². The third kappa shape index (κ3) is 2.51. The molecule has 0 radical (unpaired) electrons. The molecule has 5 heteroatoms. The highest BCUT2D eigenvalue weighted by Gasteiger charge is 2.19. The first-order valence-corrected chi connectivity index (χ1v) is 5.29. The zero-order chi connectivity index (χ0) is 13.0. The van der Waals surface area contributed by atoms with Gasteiger partial charge in [-0.2, -0.15) is 0 Å². The number of benzene rings is 1. The van der Waals surface area contributed by atoms with E-state index in [4.69, 9.17) is 11.5 Å². The molecule has 0 amide bonds. The maximum Gasteiger partial charge on any atom is 0.154 e. The van der Waals surface area contributed by atoms with Gasteiger partial charge in [-0.25, -0.2) is 0 Å². The molecule has 5 nitrogen and oxygen atoms in total. The van der Waals surface area contributed by atoms with E-state index in [1.807, 2.05) is 0 Å². The number of aromatic hydroxyl groups is 1. The van der Waals surface area contributed by atoms with Crippen LogP contribution in [-0.4, -0.2) is 24.2 Å². The van der Waals surface area contributed by atoms with Crippen LogP contribution in [0.2, 0.25) is 0 Å². The van der Waals surface area contributed by atoms with Crippen LogP contribution < -0.4 is 11.5 Å². The third-order valence-electron chi connectivity index (χ3n) is 2.71. The fraction of sp³-hybridized carbons (Fsp3) is 0.333. The summed E-state index contributed by atoms with van der Waals surface area (Å²) in [6, 6.07) is 1.09. The number of phenols is 1. The molecule has 1 aromatic carbocycles. The first-order valence-electron chi connectivity index (χ1n) is 5.29. The molecule has 0 spiro atoms. The molecule has 1 atom stereocenters. The van der Waals surface area contributed by atoms with Crippen LogP contribution in [0, 0.1) is 6.92 Å². The van der Waals surface area contributed by atoms with Gasteiger partial charge in [-0.15, -0.1) is 0 Å². The molecular formula is C12H16N2O3. The highest BCUT2D eigenvalue weighted by Crippen LogP contribution is 2.31. The summed E-state index contributed by atoms with van der Waals surface area (Å²) in [5, 5.41) is 9.76. The van der Waals surface area contributed by atoms with Crippen molar-refractivity contribution in [2.75, 3.05) is 6.54 Å². The van der Waals surface area contributed by atoms with Crippen LogP contribution in [0.3, 0.4) is 0 Å². The highest BCUT2D eigenvalue weighted by molar-refractivity contribution is 5.90. The van der Waals surface area contributed by atoms with Gasteiger partial charge in [-0.05, 0) is 37.1 Å². The maximum absolute atomic E-state index is 11.0. The van der Waals surface area contributed by atoms with Crippen molar-refractivity contribution >= 4 is 12.6 Å². The van der Waals surface area contributed by atoms with Crippen molar-refractivity contribution in [2.24, 2.45) is 11.5 Å². The standard InChI is InChI=1S/C12H16N2O3/c1-7-4-8(5-15)12(17)9(6-16)11(7)10(14)2-3-13/h4-6,10,17H,2-3,13-14H2,1H3. The van der Waals surface area contributed by atoms with Gasteiger partial charge in [0.15, 0.2) is 12.6 Å². The van der Waals surface area contributed by atoms with Crippen LogP contribution in [0.4, 0.5) is 0 Å². The summed E-state index contributed by atoms with van der Waals surface area (Å²) in [7, 11) is 0. The number of carbonyl (C=O) groups is 2. The van der Waals surface area contributed by atoms with E-state index in [1.54, 1.807) is 6.92 Å². The summed E-state index contributed by atoms with van der Waals surface area (Å²) < 4.78 is 0. The SMILES string of the molecule is Cc1cc(C=O)c(O)c(C=O)c1C(N)CCN. The summed E-state index contributed by atoms with van der Waals surface area (Å²) in [6.07, 6.45) is 1.52. The zero-order valence-electron chi connectivity index (χ0n) is 9.64. The van der Waals surface area contributed by atoms with E-state index in [2.05, 4.69) is 0 Å². The Bertz CT molecular complexity index is 444. The molecule has 0 aliphatic heterocycles. The number of rotatable bonds is 5. The highest BCUT2D eigenvalue weighted by atomic mass is 16.3. The van der Waals surface area contributed by atoms with E-state index in [0.717, 1.165) is 0 Å². The molecule has 0 aromatic heterocycles. The Kier molecular flexibility index (Phi) is 4.37. The summed E-state index contributed by atoms with van der Waals surface area (Å²) in [4.78, 5) is 21.7. The number of aldehydes is 2. The first-order chi connectivity index (χ1) is 8.06. The number of hydrogen-bond donors (Lipinski definition) is 3. The van der Waals surface area contributed by atoms with Gasteiger partial charge in [0.2, 0.25) is 0 Å². The van der Waals surface area contributed by atoms with Gasteiger partial charge in [0.25, 0.3) is 0 Å². The molecule has 0 saturated heterocycles. The summed E-state index contributed by atoms with van der Waals surface area (Å²) in [5.41, 5.74) is 12.7. The number of aryl methyl sites for hydroxylation is 1. The molecule has 17 heavy (non-hydrogen) atoms. The third-order valence-corrected chi connectivity index (χ3v) is 2.71. The Morgan fingerprint density at radius 1 is 1.41 bits per heavy atom. The van der Waals surface area contributed by atoms with E-state index in [1.165, 1.54) is 6.07 Å². The van der Waals surface area contributed by atoms with E-state index in [-0.39, 0.29) is 16.9 Å². The van der Waals surface area contributed by atoms with Crippen molar-refractivity contribution in [3.05, 3.63) is 28.3 Å². The van der Waals surface area contributed by atoms with Crippen LogP contribution in [0.1, 0.15) is 44.3 Å². The lowest BCUT2D eigenvalue weighted by Crippen LogP contribution is -2.18. The molecule has 0 heterocycles. The molecule has 0 aliphatic rings. The largest absolute Gasteiger partial charge is 0.506 e. The van der Waals surface area contributed by atoms with E-state index >= 15 is 0 Å². The average Bonchev–Trinajstić information content (AvgIpc) is 2.31. The van der Waals surface area contributed by atoms with Gasteiger partial charge in [0.05, 0.1) is 11.1 Å².